The molecule has 66 valence electrons. The van der Waals surface area contributed by atoms with Crippen LogP contribution in [0.2, 0.25) is 0 Å². The van der Waals surface area contributed by atoms with E-state index in [-0.39, 0.29) is 0 Å². The summed E-state index contributed by atoms with van der Waals surface area (Å²) in [5, 5.41) is 3.53. The summed E-state index contributed by atoms with van der Waals surface area (Å²) in [6.07, 6.45) is 4.06. The SMILES string of the molecule is CC1CCC(NC(C)CN)C1. The monoisotopic (exact) mass is 156 g/mol. The predicted molar refractivity (Wildman–Crippen MR) is 48.5 cm³/mol. The predicted octanol–water partition coefficient (Wildman–Crippen LogP) is 1.11. The molecule has 0 aromatic rings. The topological polar surface area (TPSA) is 38.0 Å². The molecular weight excluding hydrogens is 136 g/mol. The van der Waals surface area contributed by atoms with E-state index in [0.29, 0.717) is 6.04 Å². The summed E-state index contributed by atoms with van der Waals surface area (Å²) in [6.45, 7) is 5.24. The fourth-order valence-corrected chi connectivity index (χ4v) is 1.83. The van der Waals surface area contributed by atoms with Crippen molar-refractivity contribution in [3.63, 3.8) is 0 Å². The van der Waals surface area contributed by atoms with Crippen LogP contribution in [0.1, 0.15) is 33.1 Å². The summed E-state index contributed by atoms with van der Waals surface area (Å²) >= 11 is 0. The fourth-order valence-electron chi connectivity index (χ4n) is 1.83. The average molecular weight is 156 g/mol. The Bertz CT molecular complexity index is 114. The highest BCUT2D eigenvalue weighted by molar-refractivity contribution is 4.80. The van der Waals surface area contributed by atoms with Crippen LogP contribution >= 0.6 is 0 Å². The van der Waals surface area contributed by atoms with Gasteiger partial charge < -0.3 is 11.1 Å². The van der Waals surface area contributed by atoms with Gasteiger partial charge in [-0.3, -0.25) is 0 Å². The molecular formula is C9H20N2. The quantitative estimate of drug-likeness (QED) is 0.642. The van der Waals surface area contributed by atoms with Gasteiger partial charge in [-0.15, -0.1) is 0 Å². The zero-order chi connectivity index (χ0) is 8.27. The van der Waals surface area contributed by atoms with Gasteiger partial charge in [0.25, 0.3) is 0 Å². The Balaban J connectivity index is 2.17. The van der Waals surface area contributed by atoms with Gasteiger partial charge in [0.1, 0.15) is 0 Å². The number of nitrogens with one attached hydrogen (secondary N) is 1. The largest absolute Gasteiger partial charge is 0.329 e. The number of hydrogen-bond acceptors (Lipinski definition) is 2. The molecule has 11 heavy (non-hydrogen) atoms. The van der Waals surface area contributed by atoms with Crippen LogP contribution < -0.4 is 11.1 Å². The Morgan fingerprint density at radius 3 is 2.73 bits per heavy atom. The molecule has 0 heterocycles. The lowest BCUT2D eigenvalue weighted by Crippen LogP contribution is -2.39. The minimum atomic E-state index is 0.491. The van der Waals surface area contributed by atoms with E-state index in [2.05, 4.69) is 19.2 Å². The first kappa shape index (κ1) is 9.01. The second kappa shape index (κ2) is 4.07. The molecule has 3 N–H and O–H groups in total. The molecule has 0 aromatic carbocycles. The van der Waals surface area contributed by atoms with E-state index in [4.69, 9.17) is 5.73 Å². The summed E-state index contributed by atoms with van der Waals surface area (Å²) in [7, 11) is 0. The molecule has 3 atom stereocenters. The minimum Gasteiger partial charge on any atom is -0.329 e. The van der Waals surface area contributed by atoms with Crippen molar-refractivity contribution in [2.24, 2.45) is 11.7 Å². The highest BCUT2D eigenvalue weighted by Gasteiger charge is 2.21. The first-order chi connectivity index (χ1) is 5.22. The molecule has 1 aliphatic carbocycles. The first-order valence-electron chi connectivity index (χ1n) is 4.68. The molecule has 2 nitrogen and oxygen atoms in total. The lowest BCUT2D eigenvalue weighted by Gasteiger charge is -2.17. The number of rotatable bonds is 3. The van der Waals surface area contributed by atoms with E-state index < -0.39 is 0 Å². The van der Waals surface area contributed by atoms with Crippen molar-refractivity contribution < 1.29 is 0 Å². The third kappa shape index (κ3) is 2.80. The van der Waals surface area contributed by atoms with Crippen LogP contribution in [0.4, 0.5) is 0 Å². The van der Waals surface area contributed by atoms with Crippen LogP contribution in [0.3, 0.4) is 0 Å². The molecule has 0 aliphatic heterocycles. The summed E-state index contributed by atoms with van der Waals surface area (Å²) in [5.41, 5.74) is 5.52. The molecule has 2 heteroatoms. The third-order valence-corrected chi connectivity index (χ3v) is 2.57. The Hall–Kier alpha value is -0.0800. The van der Waals surface area contributed by atoms with Crippen LogP contribution in [0.15, 0.2) is 0 Å². The van der Waals surface area contributed by atoms with Gasteiger partial charge in [-0.1, -0.05) is 6.92 Å². The molecule has 1 aliphatic rings. The summed E-state index contributed by atoms with van der Waals surface area (Å²) < 4.78 is 0. The highest BCUT2D eigenvalue weighted by atomic mass is 15.0. The van der Waals surface area contributed by atoms with Crippen molar-refractivity contribution in [3.8, 4) is 0 Å². The van der Waals surface area contributed by atoms with Crippen LogP contribution in [0.5, 0.6) is 0 Å². The molecule has 1 rings (SSSR count). The Kier molecular flexibility index (Phi) is 3.34. The lowest BCUT2D eigenvalue weighted by atomic mass is 10.1. The van der Waals surface area contributed by atoms with E-state index in [9.17, 15) is 0 Å². The first-order valence-corrected chi connectivity index (χ1v) is 4.68. The van der Waals surface area contributed by atoms with Crippen LogP contribution in [0.25, 0.3) is 0 Å². The zero-order valence-electron chi connectivity index (χ0n) is 7.64. The van der Waals surface area contributed by atoms with Gasteiger partial charge in [0.05, 0.1) is 0 Å². The molecule has 1 fully saturated rings. The van der Waals surface area contributed by atoms with Crippen molar-refractivity contribution in [1.82, 2.24) is 5.32 Å². The maximum Gasteiger partial charge on any atom is 0.0164 e. The van der Waals surface area contributed by atoms with Crippen molar-refractivity contribution in [3.05, 3.63) is 0 Å². The highest BCUT2D eigenvalue weighted by Crippen LogP contribution is 2.24. The van der Waals surface area contributed by atoms with Crippen LogP contribution in [-0.2, 0) is 0 Å². The second-order valence-corrected chi connectivity index (χ2v) is 3.92. The van der Waals surface area contributed by atoms with Gasteiger partial charge in [-0.25, -0.2) is 0 Å². The fraction of sp³-hybridized carbons (Fsp3) is 1.00. The average Bonchev–Trinajstić information content (AvgIpc) is 2.35. The van der Waals surface area contributed by atoms with Crippen molar-refractivity contribution in [2.45, 2.75) is 45.2 Å². The minimum absolute atomic E-state index is 0.491. The molecule has 0 radical (unpaired) electrons. The van der Waals surface area contributed by atoms with E-state index in [1.807, 2.05) is 0 Å². The third-order valence-electron chi connectivity index (χ3n) is 2.57. The van der Waals surface area contributed by atoms with Crippen molar-refractivity contribution in [2.75, 3.05) is 6.54 Å². The Morgan fingerprint density at radius 2 is 2.27 bits per heavy atom. The number of hydrogen-bond donors (Lipinski definition) is 2. The van der Waals surface area contributed by atoms with Gasteiger partial charge >= 0.3 is 0 Å². The van der Waals surface area contributed by atoms with Crippen LogP contribution in [0, 0.1) is 5.92 Å². The molecule has 0 bridgehead atoms. The maximum absolute atomic E-state index is 5.52. The van der Waals surface area contributed by atoms with Crippen LogP contribution in [-0.4, -0.2) is 18.6 Å². The van der Waals surface area contributed by atoms with Gasteiger partial charge in [-0.2, -0.15) is 0 Å². The lowest BCUT2D eigenvalue weighted by molar-refractivity contribution is 0.444. The smallest absolute Gasteiger partial charge is 0.0164 e. The normalized spacial score (nSPS) is 34.1. The van der Waals surface area contributed by atoms with E-state index >= 15 is 0 Å². The molecule has 1 saturated carbocycles. The zero-order valence-corrected chi connectivity index (χ0v) is 7.64. The van der Waals surface area contributed by atoms with E-state index in [1.165, 1.54) is 19.3 Å². The molecule has 0 saturated heterocycles. The Labute approximate surface area is 69.5 Å². The Morgan fingerprint density at radius 1 is 1.55 bits per heavy atom. The van der Waals surface area contributed by atoms with Gasteiger partial charge in [-0.05, 0) is 32.1 Å². The molecule has 0 spiro atoms. The number of nitrogens with two attached hydrogens (primary N) is 1. The maximum atomic E-state index is 5.52. The standard InChI is InChI=1S/C9H20N2/c1-7-3-4-9(5-7)11-8(2)6-10/h7-9,11H,3-6,10H2,1-2H3. The van der Waals surface area contributed by atoms with Crippen molar-refractivity contribution >= 4 is 0 Å². The molecule has 0 amide bonds. The summed E-state index contributed by atoms with van der Waals surface area (Å²) in [6, 6.07) is 1.23. The summed E-state index contributed by atoms with van der Waals surface area (Å²) in [4.78, 5) is 0. The van der Waals surface area contributed by atoms with E-state index in [0.717, 1.165) is 18.5 Å². The molecule has 0 aromatic heterocycles. The van der Waals surface area contributed by atoms with E-state index in [1.54, 1.807) is 0 Å². The molecule has 3 unspecified atom stereocenters. The summed E-state index contributed by atoms with van der Waals surface area (Å²) in [5.74, 6) is 0.914. The van der Waals surface area contributed by atoms with Gasteiger partial charge in [0, 0.05) is 18.6 Å². The van der Waals surface area contributed by atoms with Gasteiger partial charge in [0.2, 0.25) is 0 Å². The second-order valence-electron chi connectivity index (χ2n) is 3.92. The van der Waals surface area contributed by atoms with Gasteiger partial charge in [0.15, 0.2) is 0 Å². The van der Waals surface area contributed by atoms with Crippen molar-refractivity contribution in [1.29, 1.82) is 0 Å².